The van der Waals surface area contributed by atoms with Crippen LogP contribution in [-0.2, 0) is 4.74 Å². The molecule has 100 valence electrons. The van der Waals surface area contributed by atoms with Crippen molar-refractivity contribution in [1.82, 2.24) is 10.2 Å². The van der Waals surface area contributed by atoms with Gasteiger partial charge in [0.2, 0.25) is 0 Å². The van der Waals surface area contributed by atoms with Crippen molar-refractivity contribution in [2.24, 2.45) is 5.73 Å². The van der Waals surface area contributed by atoms with Crippen LogP contribution >= 0.6 is 0 Å². The number of amidine groups is 1. The zero-order chi connectivity index (χ0) is 13.9. The lowest BCUT2D eigenvalue weighted by molar-refractivity contribution is 0.183. The maximum atomic E-state index is 7.70. The van der Waals surface area contributed by atoms with Crippen LogP contribution in [0.1, 0.15) is 23.7 Å². The normalized spacial score (nSPS) is 12.3. The Kier molecular flexibility index (Phi) is 4.61. The predicted octanol–water partition coefficient (Wildman–Crippen LogP) is 0.849. The van der Waals surface area contributed by atoms with Crippen molar-refractivity contribution in [2.75, 3.05) is 25.7 Å². The molecule has 0 saturated carbocycles. The highest BCUT2D eigenvalue weighted by Gasteiger charge is 2.20. The van der Waals surface area contributed by atoms with E-state index < -0.39 is 0 Å². The summed E-state index contributed by atoms with van der Waals surface area (Å²) in [6.45, 7) is 6.35. The largest absolute Gasteiger partial charge is 0.384 e. The van der Waals surface area contributed by atoms with Crippen LogP contribution in [0.2, 0.25) is 0 Å². The highest BCUT2D eigenvalue weighted by molar-refractivity contribution is 6.01. The molecule has 6 heteroatoms. The van der Waals surface area contributed by atoms with Crippen LogP contribution < -0.4 is 10.6 Å². The first kappa shape index (κ1) is 14.4. The van der Waals surface area contributed by atoms with E-state index >= 15 is 0 Å². The Morgan fingerprint density at radius 3 is 2.56 bits per heavy atom. The number of nitrogen functional groups attached to an aromatic ring is 1. The molecule has 1 atom stereocenters. The zero-order valence-corrected chi connectivity index (χ0v) is 11.6. The SMILES string of the molecule is COCC(C)N(C)c1nnc(C)c(C)c1C(=N)N. The quantitative estimate of drug-likeness (QED) is 0.598. The number of nitrogens with one attached hydrogen (secondary N) is 1. The molecule has 1 aromatic heterocycles. The Morgan fingerprint density at radius 2 is 2.06 bits per heavy atom. The minimum atomic E-state index is 0.0111. The fourth-order valence-electron chi connectivity index (χ4n) is 1.73. The van der Waals surface area contributed by atoms with Crippen LogP contribution in [0.5, 0.6) is 0 Å². The van der Waals surface area contributed by atoms with Crippen molar-refractivity contribution >= 4 is 11.7 Å². The number of nitrogens with two attached hydrogens (primary N) is 1. The van der Waals surface area contributed by atoms with Crippen molar-refractivity contribution in [3.63, 3.8) is 0 Å². The second kappa shape index (κ2) is 5.77. The first-order valence-electron chi connectivity index (χ1n) is 5.80. The Labute approximate surface area is 108 Å². The van der Waals surface area contributed by atoms with E-state index in [0.29, 0.717) is 18.0 Å². The van der Waals surface area contributed by atoms with Crippen LogP contribution in [0, 0.1) is 19.3 Å². The van der Waals surface area contributed by atoms with Crippen LogP contribution in [0.25, 0.3) is 0 Å². The van der Waals surface area contributed by atoms with Gasteiger partial charge >= 0.3 is 0 Å². The summed E-state index contributed by atoms with van der Waals surface area (Å²) in [7, 11) is 3.55. The van der Waals surface area contributed by atoms with Gasteiger partial charge in [-0.05, 0) is 26.3 Å². The lowest BCUT2D eigenvalue weighted by Gasteiger charge is -2.27. The molecule has 0 fully saturated rings. The first-order chi connectivity index (χ1) is 8.40. The second-order valence-corrected chi connectivity index (χ2v) is 4.44. The van der Waals surface area contributed by atoms with Crippen LogP contribution in [0.3, 0.4) is 0 Å². The molecule has 0 aromatic carbocycles. The van der Waals surface area contributed by atoms with E-state index in [4.69, 9.17) is 15.9 Å². The smallest absolute Gasteiger partial charge is 0.162 e. The minimum absolute atomic E-state index is 0.0111. The van der Waals surface area contributed by atoms with Crippen LogP contribution in [0.4, 0.5) is 5.82 Å². The zero-order valence-electron chi connectivity index (χ0n) is 11.6. The number of hydrogen-bond acceptors (Lipinski definition) is 5. The topological polar surface area (TPSA) is 88.1 Å². The average molecular weight is 251 g/mol. The van der Waals surface area contributed by atoms with Crippen molar-refractivity contribution in [2.45, 2.75) is 26.8 Å². The van der Waals surface area contributed by atoms with E-state index in [9.17, 15) is 0 Å². The van der Waals surface area contributed by atoms with Gasteiger partial charge in [0.25, 0.3) is 0 Å². The third kappa shape index (κ3) is 2.76. The summed E-state index contributed by atoms with van der Waals surface area (Å²) in [6, 6.07) is 0.129. The molecule has 1 rings (SSSR count). The summed E-state index contributed by atoms with van der Waals surface area (Å²) in [6.07, 6.45) is 0. The summed E-state index contributed by atoms with van der Waals surface area (Å²) in [4.78, 5) is 1.93. The van der Waals surface area contributed by atoms with Gasteiger partial charge in [-0.15, -0.1) is 5.10 Å². The third-order valence-corrected chi connectivity index (χ3v) is 3.11. The van der Waals surface area contributed by atoms with Crippen LogP contribution in [-0.4, -0.2) is 42.8 Å². The van der Waals surface area contributed by atoms with E-state index in [0.717, 1.165) is 11.3 Å². The highest BCUT2D eigenvalue weighted by atomic mass is 16.5. The number of aromatic nitrogens is 2. The van der Waals surface area contributed by atoms with Crippen molar-refractivity contribution in [1.29, 1.82) is 5.41 Å². The minimum Gasteiger partial charge on any atom is -0.384 e. The van der Waals surface area contributed by atoms with Crippen molar-refractivity contribution in [3.8, 4) is 0 Å². The number of nitrogens with zero attached hydrogens (tertiary/aromatic N) is 3. The maximum Gasteiger partial charge on any atom is 0.162 e. The van der Waals surface area contributed by atoms with Crippen LogP contribution in [0.15, 0.2) is 0 Å². The highest BCUT2D eigenvalue weighted by Crippen LogP contribution is 2.22. The van der Waals surface area contributed by atoms with E-state index in [2.05, 4.69) is 10.2 Å². The van der Waals surface area contributed by atoms with Gasteiger partial charge in [-0.1, -0.05) is 0 Å². The summed E-state index contributed by atoms with van der Waals surface area (Å²) in [5.74, 6) is 0.632. The molecule has 1 heterocycles. The molecule has 0 bridgehead atoms. The average Bonchev–Trinajstić information content (AvgIpc) is 2.31. The lowest BCUT2D eigenvalue weighted by Crippen LogP contribution is -2.35. The van der Waals surface area contributed by atoms with Gasteiger partial charge in [0.1, 0.15) is 5.84 Å². The summed E-state index contributed by atoms with van der Waals surface area (Å²) in [5, 5.41) is 16.0. The van der Waals surface area contributed by atoms with E-state index in [1.54, 1.807) is 7.11 Å². The molecule has 0 amide bonds. The third-order valence-electron chi connectivity index (χ3n) is 3.11. The number of hydrogen-bond donors (Lipinski definition) is 2. The van der Waals surface area contributed by atoms with Gasteiger partial charge < -0.3 is 15.4 Å². The standard InChI is InChI=1S/C12H21N5O/c1-7(6-18-5)17(4)12-10(11(13)14)8(2)9(3)15-16-12/h7H,6H2,1-5H3,(H3,13,14). The molecular formula is C12H21N5O. The van der Waals surface area contributed by atoms with Gasteiger partial charge in [-0.25, -0.2) is 0 Å². The maximum absolute atomic E-state index is 7.70. The summed E-state index contributed by atoms with van der Waals surface area (Å²) >= 11 is 0. The second-order valence-electron chi connectivity index (χ2n) is 4.44. The fraction of sp³-hybridized carbons (Fsp3) is 0.583. The molecule has 0 aliphatic carbocycles. The van der Waals surface area contributed by atoms with Gasteiger partial charge in [-0.2, -0.15) is 5.10 Å². The van der Waals surface area contributed by atoms with E-state index in [1.807, 2.05) is 32.7 Å². The van der Waals surface area contributed by atoms with Gasteiger partial charge in [0, 0.05) is 14.2 Å². The van der Waals surface area contributed by atoms with Gasteiger partial charge in [-0.3, -0.25) is 5.41 Å². The number of methoxy groups -OCH3 is 1. The molecule has 18 heavy (non-hydrogen) atoms. The molecule has 0 radical (unpaired) electrons. The van der Waals surface area contributed by atoms with Crippen molar-refractivity contribution in [3.05, 3.63) is 16.8 Å². The molecule has 6 nitrogen and oxygen atoms in total. The molecule has 1 aromatic rings. The Bertz CT molecular complexity index is 446. The number of aryl methyl sites for hydroxylation is 1. The van der Waals surface area contributed by atoms with E-state index in [1.165, 1.54) is 0 Å². The number of anilines is 1. The molecule has 0 aliphatic rings. The Balaban J connectivity index is 3.24. The molecule has 0 saturated heterocycles. The predicted molar refractivity (Wildman–Crippen MR) is 72.3 cm³/mol. The summed E-state index contributed by atoms with van der Waals surface area (Å²) < 4.78 is 5.13. The number of rotatable bonds is 5. The monoisotopic (exact) mass is 251 g/mol. The molecule has 0 spiro atoms. The number of likely N-dealkylation sites (N-methyl/N-ethyl adjacent to an activating group) is 1. The lowest BCUT2D eigenvalue weighted by atomic mass is 10.1. The summed E-state index contributed by atoms with van der Waals surface area (Å²) in [5.41, 5.74) is 7.98. The number of ether oxygens (including phenoxy) is 1. The molecule has 3 N–H and O–H groups in total. The molecule has 1 unspecified atom stereocenters. The Morgan fingerprint density at radius 1 is 1.44 bits per heavy atom. The molecule has 0 aliphatic heterocycles. The van der Waals surface area contributed by atoms with Gasteiger partial charge in [0.15, 0.2) is 5.82 Å². The van der Waals surface area contributed by atoms with Crippen molar-refractivity contribution < 1.29 is 4.74 Å². The van der Waals surface area contributed by atoms with E-state index in [-0.39, 0.29) is 11.9 Å². The fourth-order valence-corrected chi connectivity index (χ4v) is 1.73. The first-order valence-corrected chi connectivity index (χ1v) is 5.80. The Hall–Kier alpha value is -1.69. The van der Waals surface area contributed by atoms with Gasteiger partial charge in [0.05, 0.1) is 23.9 Å². The molecular weight excluding hydrogens is 230 g/mol.